The number of carbonyl (C=O) groups excluding carboxylic acids is 1. The molecule has 2 saturated heterocycles. The zero-order valence-corrected chi connectivity index (χ0v) is 14.0. The Hall–Kier alpha value is -0.681. The van der Waals surface area contributed by atoms with Crippen LogP contribution in [-0.2, 0) is 9.53 Å². The first kappa shape index (κ1) is 14.3. The molecule has 2 aliphatic heterocycles. The maximum absolute atomic E-state index is 12.4. The molecule has 20 heavy (non-hydrogen) atoms. The van der Waals surface area contributed by atoms with Crippen LogP contribution in [0.4, 0.5) is 5.69 Å². The van der Waals surface area contributed by atoms with Crippen molar-refractivity contribution in [3.63, 3.8) is 0 Å². The molecule has 0 N–H and O–H groups in total. The summed E-state index contributed by atoms with van der Waals surface area (Å²) < 4.78 is 10.5. The van der Waals surface area contributed by atoms with E-state index in [1.165, 1.54) is 11.7 Å². The molecule has 1 aromatic carbocycles. The van der Waals surface area contributed by atoms with Crippen LogP contribution in [0.1, 0.15) is 6.42 Å². The van der Waals surface area contributed by atoms with Crippen LogP contribution < -0.4 is 9.64 Å². The number of β-lactam (4-membered cyclic amide) rings is 1. The van der Waals surface area contributed by atoms with E-state index in [9.17, 15) is 4.79 Å². The third kappa shape index (κ3) is 2.06. The topological polar surface area (TPSA) is 38.8 Å². The minimum absolute atomic E-state index is 0.0777. The predicted molar refractivity (Wildman–Crippen MR) is 81.6 cm³/mol. The molecule has 0 unspecified atom stereocenters. The third-order valence-electron chi connectivity index (χ3n) is 3.56. The summed E-state index contributed by atoms with van der Waals surface area (Å²) in [7, 11) is 3.28. The molecule has 0 radical (unpaired) electrons. The second kappa shape index (κ2) is 5.60. The number of ether oxygens (including phenoxy) is 2. The molecular weight excluding hydrogens is 341 g/mol. The summed E-state index contributed by atoms with van der Waals surface area (Å²) >= 11 is 2.26. The van der Waals surface area contributed by atoms with Gasteiger partial charge in [-0.25, -0.2) is 0 Å². The maximum atomic E-state index is 12.4. The van der Waals surface area contributed by atoms with Crippen molar-refractivity contribution >= 4 is 38.3 Å². The number of rotatable bonds is 3. The van der Waals surface area contributed by atoms with E-state index in [4.69, 9.17) is 9.47 Å². The van der Waals surface area contributed by atoms with Crippen LogP contribution in [-0.4, -0.2) is 50.7 Å². The van der Waals surface area contributed by atoms with Gasteiger partial charge >= 0.3 is 129 Å². The number of nitrogens with zero attached hydrogens (tertiary/aromatic N) is 1. The van der Waals surface area contributed by atoms with Gasteiger partial charge in [0.05, 0.1) is 0 Å². The molecule has 2 aliphatic rings. The van der Waals surface area contributed by atoms with Crippen molar-refractivity contribution in [3.05, 3.63) is 24.3 Å². The number of hydrogen-bond donors (Lipinski definition) is 0. The van der Waals surface area contributed by atoms with E-state index in [0.717, 1.165) is 17.2 Å². The van der Waals surface area contributed by atoms with Crippen molar-refractivity contribution in [2.24, 2.45) is 0 Å². The van der Waals surface area contributed by atoms with Gasteiger partial charge in [0.1, 0.15) is 0 Å². The molecule has 1 spiro atoms. The normalized spacial score (nSPS) is 29.4. The predicted octanol–water partition coefficient (Wildman–Crippen LogP) is 1.97. The van der Waals surface area contributed by atoms with E-state index in [-0.39, 0.29) is 15.8 Å². The monoisotopic (exact) mass is 359 g/mol. The van der Waals surface area contributed by atoms with Crippen LogP contribution >= 0.6 is 11.8 Å². The van der Waals surface area contributed by atoms with E-state index >= 15 is 0 Å². The summed E-state index contributed by atoms with van der Waals surface area (Å²) in [5.41, 5.74) is 0.945. The number of benzene rings is 1. The van der Waals surface area contributed by atoms with Gasteiger partial charge in [-0.15, -0.1) is 0 Å². The molecule has 4 nitrogen and oxygen atoms in total. The van der Waals surface area contributed by atoms with Crippen molar-refractivity contribution < 1.29 is 14.3 Å². The van der Waals surface area contributed by atoms with Gasteiger partial charge in [0.2, 0.25) is 0 Å². The molecular formula is C14H17NO3SSe. The third-order valence-corrected chi connectivity index (χ3v) is 8.95. The molecule has 6 heteroatoms. The second-order valence-corrected chi connectivity index (χ2v) is 9.34. The standard InChI is InChI=1S/C14H17NO3SSe/c1-17-11-6-4-10(5-7-11)15-13(16)12(18-2)14(15)19-8-3-9-20-14/h4-7,12H,3,8-9H2,1-2H3/t12-,14-/m1/s1. The van der Waals surface area contributed by atoms with Crippen molar-refractivity contribution in [2.45, 2.75) is 21.6 Å². The molecule has 2 heterocycles. The van der Waals surface area contributed by atoms with Crippen molar-refractivity contribution in [2.75, 3.05) is 24.9 Å². The van der Waals surface area contributed by atoms with Gasteiger partial charge in [-0.05, 0) is 0 Å². The average Bonchev–Trinajstić information content (AvgIpc) is 2.49. The molecule has 0 bridgehead atoms. The molecule has 0 aliphatic carbocycles. The molecule has 1 aromatic rings. The first-order valence-electron chi connectivity index (χ1n) is 6.52. The summed E-state index contributed by atoms with van der Waals surface area (Å²) in [4.78, 5) is 14.3. The molecule has 0 aromatic heterocycles. The van der Waals surface area contributed by atoms with Gasteiger partial charge in [0, 0.05) is 0 Å². The molecule has 3 rings (SSSR count). The van der Waals surface area contributed by atoms with Crippen molar-refractivity contribution in [1.82, 2.24) is 0 Å². The van der Waals surface area contributed by atoms with Gasteiger partial charge in [-0.3, -0.25) is 0 Å². The molecule has 2 atom stereocenters. The average molecular weight is 358 g/mol. The number of amides is 1. The Morgan fingerprint density at radius 1 is 1.35 bits per heavy atom. The number of thioether (sulfide) groups is 1. The van der Waals surface area contributed by atoms with Gasteiger partial charge in [-0.1, -0.05) is 0 Å². The van der Waals surface area contributed by atoms with Crippen LogP contribution in [0.15, 0.2) is 24.3 Å². The first-order chi connectivity index (χ1) is 9.73. The summed E-state index contributed by atoms with van der Waals surface area (Å²) in [5, 5.41) is 1.21. The van der Waals surface area contributed by atoms with Crippen LogP contribution in [0, 0.1) is 0 Å². The second-order valence-electron chi connectivity index (χ2n) is 4.67. The van der Waals surface area contributed by atoms with E-state index in [2.05, 4.69) is 0 Å². The SMILES string of the molecule is COc1ccc(N2C(=O)[C@@H](OC)[C@]23SCCC[Se]3)cc1. The quantitative estimate of drug-likeness (QED) is 0.612. The molecule has 2 fully saturated rings. The summed E-state index contributed by atoms with van der Waals surface area (Å²) in [6, 6.07) is 7.71. The van der Waals surface area contributed by atoms with Gasteiger partial charge in [0.15, 0.2) is 0 Å². The van der Waals surface area contributed by atoms with Gasteiger partial charge in [0.25, 0.3) is 0 Å². The zero-order valence-electron chi connectivity index (χ0n) is 11.5. The fourth-order valence-electron chi connectivity index (χ4n) is 2.58. The molecule has 0 saturated carbocycles. The van der Waals surface area contributed by atoms with Crippen LogP contribution in [0.2, 0.25) is 5.32 Å². The number of hydrogen-bond acceptors (Lipinski definition) is 4. The zero-order chi connectivity index (χ0) is 14.2. The van der Waals surface area contributed by atoms with Crippen LogP contribution in [0.3, 0.4) is 0 Å². The fourth-order valence-corrected chi connectivity index (χ4v) is 8.45. The van der Waals surface area contributed by atoms with E-state index in [1.54, 1.807) is 14.2 Å². The number of methoxy groups -OCH3 is 2. The van der Waals surface area contributed by atoms with E-state index < -0.39 is 0 Å². The first-order valence-corrected chi connectivity index (χ1v) is 9.57. The Bertz CT molecular complexity index is 502. The molecule has 1 amide bonds. The fraction of sp³-hybridized carbons (Fsp3) is 0.500. The summed E-state index contributed by atoms with van der Waals surface area (Å²) in [6.45, 7) is 0. The Morgan fingerprint density at radius 3 is 2.65 bits per heavy atom. The number of anilines is 1. The van der Waals surface area contributed by atoms with Gasteiger partial charge < -0.3 is 0 Å². The summed E-state index contributed by atoms with van der Waals surface area (Å²) in [5.74, 6) is 1.98. The summed E-state index contributed by atoms with van der Waals surface area (Å²) in [6.07, 6.45) is 0.961. The Balaban J connectivity index is 1.91. The van der Waals surface area contributed by atoms with Crippen LogP contribution in [0.5, 0.6) is 5.75 Å². The van der Waals surface area contributed by atoms with E-state index in [0.29, 0.717) is 15.0 Å². The Kier molecular flexibility index (Phi) is 4.00. The Labute approximate surface area is 129 Å². The van der Waals surface area contributed by atoms with Crippen molar-refractivity contribution in [3.8, 4) is 5.75 Å². The molecule has 108 valence electrons. The van der Waals surface area contributed by atoms with Crippen LogP contribution in [0.25, 0.3) is 0 Å². The van der Waals surface area contributed by atoms with Gasteiger partial charge in [-0.2, -0.15) is 0 Å². The van der Waals surface area contributed by atoms with E-state index in [1.807, 2.05) is 40.9 Å². The van der Waals surface area contributed by atoms with Crippen molar-refractivity contribution in [1.29, 1.82) is 0 Å². The number of carbonyl (C=O) groups is 1. The Morgan fingerprint density at radius 2 is 2.10 bits per heavy atom. The minimum atomic E-state index is -0.282.